The molecule has 1 aliphatic rings. The van der Waals surface area contributed by atoms with Crippen molar-refractivity contribution in [3.05, 3.63) is 59.1 Å². The second-order valence-corrected chi connectivity index (χ2v) is 9.39. The Kier molecular flexibility index (Phi) is 6.99. The van der Waals surface area contributed by atoms with Gasteiger partial charge in [-0.25, -0.2) is 13.2 Å². The Hall–Kier alpha value is -2.58. The van der Waals surface area contributed by atoms with Crippen molar-refractivity contribution in [1.82, 2.24) is 4.90 Å². The van der Waals surface area contributed by atoms with E-state index in [1.807, 2.05) is 0 Å². The van der Waals surface area contributed by atoms with E-state index in [4.69, 9.17) is 16.3 Å². The van der Waals surface area contributed by atoms with Crippen LogP contribution in [0.15, 0.2) is 53.4 Å². The van der Waals surface area contributed by atoms with Crippen LogP contribution in [0.5, 0.6) is 0 Å². The minimum Gasteiger partial charge on any atom is -0.452 e. The van der Waals surface area contributed by atoms with E-state index in [1.165, 1.54) is 36.4 Å². The average molecular weight is 451 g/mol. The maximum Gasteiger partial charge on any atom is 0.340 e. The molecule has 0 saturated carbocycles. The van der Waals surface area contributed by atoms with Crippen molar-refractivity contribution in [3.63, 3.8) is 0 Å². The highest BCUT2D eigenvalue weighted by molar-refractivity contribution is 7.92. The molecule has 7 nitrogen and oxygen atoms in total. The molecule has 0 radical (unpaired) electrons. The minimum absolute atomic E-state index is 0.00414. The number of carbonyl (C=O) groups is 2. The smallest absolute Gasteiger partial charge is 0.340 e. The van der Waals surface area contributed by atoms with Crippen LogP contribution in [-0.2, 0) is 19.6 Å². The zero-order chi connectivity index (χ0) is 21.7. The maximum absolute atomic E-state index is 12.6. The lowest BCUT2D eigenvalue weighted by molar-refractivity contribution is -0.136. The van der Waals surface area contributed by atoms with E-state index in [-0.39, 0.29) is 28.7 Å². The number of para-hydroxylation sites is 1. The second kappa shape index (κ2) is 9.49. The molecule has 0 bridgehead atoms. The quantitative estimate of drug-likeness (QED) is 0.679. The molecule has 1 N–H and O–H groups in total. The number of anilines is 1. The number of hydrogen-bond donors (Lipinski definition) is 1. The summed E-state index contributed by atoms with van der Waals surface area (Å²) in [4.78, 5) is 26.6. The van der Waals surface area contributed by atoms with Gasteiger partial charge in [-0.15, -0.1) is 0 Å². The van der Waals surface area contributed by atoms with Crippen molar-refractivity contribution in [3.8, 4) is 0 Å². The summed E-state index contributed by atoms with van der Waals surface area (Å²) in [7, 11) is -3.93. The van der Waals surface area contributed by atoms with Crippen molar-refractivity contribution in [2.75, 3.05) is 24.4 Å². The summed E-state index contributed by atoms with van der Waals surface area (Å²) in [6.45, 7) is 2.99. The zero-order valence-electron chi connectivity index (χ0n) is 16.5. The number of likely N-dealkylation sites (tertiary alicyclic amines) is 1. The third-order valence-corrected chi connectivity index (χ3v) is 6.49. The van der Waals surface area contributed by atoms with E-state index in [1.54, 1.807) is 17.0 Å². The minimum atomic E-state index is -3.93. The van der Waals surface area contributed by atoms with Gasteiger partial charge in [0.25, 0.3) is 15.9 Å². The van der Waals surface area contributed by atoms with Crippen molar-refractivity contribution < 1.29 is 22.7 Å². The van der Waals surface area contributed by atoms with Gasteiger partial charge in [-0.1, -0.05) is 30.7 Å². The summed E-state index contributed by atoms with van der Waals surface area (Å²) in [5.74, 6) is -0.613. The highest BCUT2D eigenvalue weighted by Gasteiger charge is 2.23. The normalized spacial score (nSPS) is 16.7. The van der Waals surface area contributed by atoms with E-state index in [9.17, 15) is 18.0 Å². The molecular formula is C21H23ClN2O5S. The number of nitrogens with zero attached hydrogens (tertiary/aromatic N) is 1. The van der Waals surface area contributed by atoms with E-state index in [2.05, 4.69) is 11.6 Å². The van der Waals surface area contributed by atoms with Gasteiger partial charge in [0.1, 0.15) is 0 Å². The third kappa shape index (κ3) is 5.52. The summed E-state index contributed by atoms with van der Waals surface area (Å²) < 4.78 is 32.8. The molecule has 2 aromatic carbocycles. The SMILES string of the molecule is CC1CCCN(C(=O)COC(=O)c2ccccc2NS(=O)(=O)c2ccc(Cl)cc2)C1. The van der Waals surface area contributed by atoms with E-state index in [0.717, 1.165) is 12.8 Å². The van der Waals surface area contributed by atoms with Gasteiger partial charge in [-0.3, -0.25) is 9.52 Å². The lowest BCUT2D eigenvalue weighted by atomic mass is 10.0. The molecule has 3 rings (SSSR count). The number of ether oxygens (including phenoxy) is 1. The van der Waals surface area contributed by atoms with Crippen LogP contribution >= 0.6 is 11.6 Å². The fourth-order valence-electron chi connectivity index (χ4n) is 3.28. The Morgan fingerprint density at radius 1 is 1.17 bits per heavy atom. The van der Waals surface area contributed by atoms with Gasteiger partial charge < -0.3 is 9.64 Å². The fourth-order valence-corrected chi connectivity index (χ4v) is 4.49. The number of rotatable bonds is 6. The number of amides is 1. The molecule has 30 heavy (non-hydrogen) atoms. The fraction of sp³-hybridized carbons (Fsp3) is 0.333. The Labute approximate surface area is 181 Å². The van der Waals surface area contributed by atoms with E-state index >= 15 is 0 Å². The molecule has 9 heteroatoms. The number of nitrogens with one attached hydrogen (secondary N) is 1. The molecule has 0 spiro atoms. The number of halogens is 1. The highest BCUT2D eigenvalue weighted by atomic mass is 35.5. The number of piperidine rings is 1. The Bertz CT molecular complexity index is 1020. The lowest BCUT2D eigenvalue weighted by Gasteiger charge is -2.30. The van der Waals surface area contributed by atoms with Crippen molar-refractivity contribution in [1.29, 1.82) is 0 Å². The average Bonchev–Trinajstić information content (AvgIpc) is 2.72. The Morgan fingerprint density at radius 3 is 2.57 bits per heavy atom. The van der Waals surface area contributed by atoms with Crippen molar-refractivity contribution in [2.45, 2.75) is 24.7 Å². The largest absolute Gasteiger partial charge is 0.452 e. The predicted molar refractivity (Wildman–Crippen MR) is 114 cm³/mol. The molecule has 1 fully saturated rings. The number of hydrogen-bond acceptors (Lipinski definition) is 5. The van der Waals surface area contributed by atoms with Gasteiger partial charge in [0.2, 0.25) is 0 Å². The van der Waals surface area contributed by atoms with Crippen LogP contribution in [0.1, 0.15) is 30.1 Å². The second-order valence-electron chi connectivity index (χ2n) is 7.27. The highest BCUT2D eigenvalue weighted by Crippen LogP contribution is 2.22. The van der Waals surface area contributed by atoms with Gasteiger partial charge in [-0.05, 0) is 55.2 Å². The van der Waals surface area contributed by atoms with Gasteiger partial charge in [0.05, 0.1) is 16.1 Å². The van der Waals surface area contributed by atoms with E-state index in [0.29, 0.717) is 24.0 Å². The van der Waals surface area contributed by atoms with E-state index < -0.39 is 16.0 Å². The molecule has 0 aromatic heterocycles. The first-order chi connectivity index (χ1) is 14.3. The van der Waals surface area contributed by atoms with Gasteiger partial charge >= 0.3 is 5.97 Å². The topological polar surface area (TPSA) is 92.8 Å². The molecule has 0 aliphatic carbocycles. The van der Waals surface area contributed by atoms with Crippen LogP contribution in [0.3, 0.4) is 0 Å². The maximum atomic E-state index is 12.6. The van der Waals surface area contributed by atoms with Crippen molar-refractivity contribution in [2.24, 2.45) is 5.92 Å². The monoisotopic (exact) mass is 450 g/mol. The van der Waals surface area contributed by atoms with Crippen LogP contribution in [0.2, 0.25) is 5.02 Å². The van der Waals surface area contributed by atoms with Crippen LogP contribution in [0.4, 0.5) is 5.69 Å². The van der Waals surface area contributed by atoms with Gasteiger partial charge in [0.15, 0.2) is 6.61 Å². The first kappa shape index (κ1) is 22.1. The summed E-state index contributed by atoms with van der Waals surface area (Å²) >= 11 is 5.81. The first-order valence-electron chi connectivity index (χ1n) is 9.58. The molecule has 160 valence electrons. The summed E-state index contributed by atoms with van der Waals surface area (Å²) in [5, 5.41) is 0.408. The Morgan fingerprint density at radius 2 is 1.87 bits per heavy atom. The molecule has 1 atom stereocenters. The molecule has 2 aromatic rings. The van der Waals surface area contributed by atoms with Crippen LogP contribution in [0, 0.1) is 5.92 Å². The van der Waals surface area contributed by atoms with Gasteiger partial charge in [0, 0.05) is 18.1 Å². The predicted octanol–water partition coefficient (Wildman–Crippen LogP) is 3.56. The molecule has 1 amide bonds. The zero-order valence-corrected chi connectivity index (χ0v) is 18.1. The van der Waals surface area contributed by atoms with Crippen molar-refractivity contribution >= 4 is 39.2 Å². The summed E-state index contributed by atoms with van der Waals surface area (Å²) in [5.41, 5.74) is 0.0892. The Balaban J connectivity index is 1.69. The first-order valence-corrected chi connectivity index (χ1v) is 11.4. The molecule has 1 unspecified atom stereocenters. The molecule has 1 heterocycles. The number of esters is 1. The molecule has 1 aliphatic heterocycles. The lowest BCUT2D eigenvalue weighted by Crippen LogP contribution is -2.41. The van der Waals surface area contributed by atoms with Crippen LogP contribution < -0.4 is 4.72 Å². The van der Waals surface area contributed by atoms with Crippen LogP contribution in [-0.4, -0.2) is 44.9 Å². The van der Waals surface area contributed by atoms with Gasteiger partial charge in [-0.2, -0.15) is 0 Å². The number of carbonyl (C=O) groups excluding carboxylic acids is 2. The summed E-state index contributed by atoms with van der Waals surface area (Å²) in [6.07, 6.45) is 2.00. The third-order valence-electron chi connectivity index (χ3n) is 4.85. The molecular weight excluding hydrogens is 428 g/mol. The standard InChI is InChI=1S/C21H23ClN2O5S/c1-15-5-4-12-24(13-15)20(25)14-29-21(26)18-6-2-3-7-19(18)23-30(27,28)17-10-8-16(22)9-11-17/h2-3,6-11,15,23H,4-5,12-14H2,1H3. The number of sulfonamides is 1. The molecule has 1 saturated heterocycles. The number of benzene rings is 2. The summed E-state index contributed by atoms with van der Waals surface area (Å²) in [6, 6.07) is 11.7. The van der Waals surface area contributed by atoms with Crippen LogP contribution in [0.25, 0.3) is 0 Å².